The van der Waals surface area contributed by atoms with Gasteiger partial charge in [0.2, 0.25) is 11.7 Å². The zero-order valence-electron chi connectivity index (χ0n) is 11.3. The quantitative estimate of drug-likeness (QED) is 0.935. The summed E-state index contributed by atoms with van der Waals surface area (Å²) in [6.07, 6.45) is 5.38. The van der Waals surface area contributed by atoms with Crippen molar-refractivity contribution in [2.45, 2.75) is 37.5 Å². The van der Waals surface area contributed by atoms with Crippen LogP contribution in [0.25, 0.3) is 11.4 Å². The molecule has 0 spiro atoms. The predicted octanol–water partition coefficient (Wildman–Crippen LogP) is 3.04. The molecule has 1 heterocycles. The van der Waals surface area contributed by atoms with Crippen molar-refractivity contribution in [1.29, 1.82) is 0 Å². The molecule has 0 saturated heterocycles. The summed E-state index contributed by atoms with van der Waals surface area (Å²) in [6, 6.07) is 6.45. The maximum Gasteiger partial charge on any atom is 0.234 e. The van der Waals surface area contributed by atoms with Crippen LogP contribution in [0.1, 0.15) is 38.0 Å². The number of nitrogens with zero attached hydrogens (tertiary/aromatic N) is 2. The van der Waals surface area contributed by atoms with Gasteiger partial charge in [-0.15, -0.1) is 0 Å². The van der Waals surface area contributed by atoms with Gasteiger partial charge in [0.05, 0.1) is 11.0 Å². The van der Waals surface area contributed by atoms with Crippen molar-refractivity contribution < 1.29 is 8.91 Å². The number of aromatic nitrogens is 2. The van der Waals surface area contributed by atoms with Crippen molar-refractivity contribution >= 4 is 0 Å². The molecule has 2 N–H and O–H groups in total. The largest absolute Gasteiger partial charge is 0.338 e. The molecule has 106 valence electrons. The van der Waals surface area contributed by atoms with Gasteiger partial charge in [-0.25, -0.2) is 4.39 Å². The lowest BCUT2D eigenvalue weighted by Crippen LogP contribution is -2.37. The number of nitrogens with two attached hydrogens (primary N) is 1. The van der Waals surface area contributed by atoms with E-state index in [1.807, 2.05) is 0 Å². The Morgan fingerprint density at radius 3 is 2.65 bits per heavy atom. The molecule has 0 amide bonds. The molecule has 1 aromatic heterocycles. The van der Waals surface area contributed by atoms with Gasteiger partial charge in [0.1, 0.15) is 5.82 Å². The molecule has 0 aliphatic heterocycles. The third kappa shape index (κ3) is 2.22. The molecule has 3 rings (SSSR count). The summed E-state index contributed by atoms with van der Waals surface area (Å²) in [5.74, 6) is 0.514. The van der Waals surface area contributed by atoms with Gasteiger partial charge in [-0.2, -0.15) is 4.98 Å². The van der Waals surface area contributed by atoms with Gasteiger partial charge in [-0.3, -0.25) is 0 Å². The third-order valence-corrected chi connectivity index (χ3v) is 4.20. The topological polar surface area (TPSA) is 64.9 Å². The third-order valence-electron chi connectivity index (χ3n) is 4.20. The minimum Gasteiger partial charge on any atom is -0.338 e. The molecule has 20 heavy (non-hydrogen) atoms. The Morgan fingerprint density at radius 1 is 1.20 bits per heavy atom. The van der Waals surface area contributed by atoms with E-state index in [2.05, 4.69) is 10.1 Å². The molecule has 1 saturated carbocycles. The van der Waals surface area contributed by atoms with Gasteiger partial charge in [0, 0.05) is 6.54 Å². The van der Waals surface area contributed by atoms with Crippen LogP contribution in [0, 0.1) is 5.82 Å². The summed E-state index contributed by atoms with van der Waals surface area (Å²) in [7, 11) is 0. The lowest BCUT2D eigenvalue weighted by atomic mass is 9.74. The lowest BCUT2D eigenvalue weighted by Gasteiger charge is -2.32. The molecule has 0 atom stereocenters. The van der Waals surface area contributed by atoms with Gasteiger partial charge in [-0.05, 0) is 25.0 Å². The van der Waals surface area contributed by atoms with Crippen molar-refractivity contribution in [2.24, 2.45) is 5.73 Å². The van der Waals surface area contributed by atoms with Crippen LogP contribution in [-0.2, 0) is 5.41 Å². The molecule has 0 unspecified atom stereocenters. The molecular formula is C15H18FN3O. The van der Waals surface area contributed by atoms with Crippen LogP contribution >= 0.6 is 0 Å². The van der Waals surface area contributed by atoms with Gasteiger partial charge >= 0.3 is 0 Å². The van der Waals surface area contributed by atoms with Crippen molar-refractivity contribution in [3.63, 3.8) is 0 Å². The minimum absolute atomic E-state index is 0.227. The minimum atomic E-state index is -0.342. The first-order valence-electron chi connectivity index (χ1n) is 7.04. The van der Waals surface area contributed by atoms with E-state index in [1.165, 1.54) is 12.5 Å². The van der Waals surface area contributed by atoms with E-state index >= 15 is 0 Å². The lowest BCUT2D eigenvalue weighted by molar-refractivity contribution is 0.220. The van der Waals surface area contributed by atoms with Gasteiger partial charge < -0.3 is 10.3 Å². The Labute approximate surface area is 117 Å². The summed E-state index contributed by atoms with van der Waals surface area (Å²) in [5, 5.41) is 3.93. The highest BCUT2D eigenvalue weighted by atomic mass is 19.1. The van der Waals surface area contributed by atoms with Crippen molar-refractivity contribution in [1.82, 2.24) is 10.1 Å². The summed E-state index contributed by atoms with van der Waals surface area (Å²) < 4.78 is 19.2. The molecule has 1 aliphatic rings. The number of hydrogen-bond donors (Lipinski definition) is 1. The Balaban J connectivity index is 1.95. The first-order chi connectivity index (χ1) is 9.75. The fourth-order valence-corrected chi connectivity index (χ4v) is 2.92. The van der Waals surface area contributed by atoms with E-state index < -0.39 is 0 Å². The highest BCUT2D eigenvalue weighted by Crippen LogP contribution is 2.38. The predicted molar refractivity (Wildman–Crippen MR) is 73.5 cm³/mol. The molecule has 4 nitrogen and oxygen atoms in total. The zero-order valence-corrected chi connectivity index (χ0v) is 11.3. The fourth-order valence-electron chi connectivity index (χ4n) is 2.92. The number of halogens is 1. The Kier molecular flexibility index (Phi) is 3.53. The molecule has 0 radical (unpaired) electrons. The molecule has 1 aliphatic carbocycles. The number of benzene rings is 1. The van der Waals surface area contributed by atoms with Crippen molar-refractivity contribution in [2.75, 3.05) is 6.54 Å². The van der Waals surface area contributed by atoms with E-state index in [9.17, 15) is 4.39 Å². The van der Waals surface area contributed by atoms with Crippen LogP contribution in [-0.4, -0.2) is 16.7 Å². The van der Waals surface area contributed by atoms with Crippen LogP contribution < -0.4 is 5.73 Å². The summed E-state index contributed by atoms with van der Waals surface area (Å²) in [4.78, 5) is 4.41. The number of hydrogen-bond acceptors (Lipinski definition) is 4. The molecular weight excluding hydrogens is 257 g/mol. The second-order valence-corrected chi connectivity index (χ2v) is 5.45. The zero-order chi connectivity index (χ0) is 14.0. The van der Waals surface area contributed by atoms with Crippen LogP contribution in [0.2, 0.25) is 0 Å². The Bertz CT molecular complexity index is 590. The Hall–Kier alpha value is -1.75. The number of rotatable bonds is 3. The van der Waals surface area contributed by atoms with Gasteiger partial charge in [-0.1, -0.05) is 36.6 Å². The highest BCUT2D eigenvalue weighted by molar-refractivity contribution is 5.54. The normalized spacial score (nSPS) is 18.1. The summed E-state index contributed by atoms with van der Waals surface area (Å²) >= 11 is 0. The molecule has 0 bridgehead atoms. The molecule has 5 heteroatoms. The second-order valence-electron chi connectivity index (χ2n) is 5.45. The van der Waals surface area contributed by atoms with Crippen LogP contribution in [0.5, 0.6) is 0 Å². The summed E-state index contributed by atoms with van der Waals surface area (Å²) in [6.45, 7) is 0.492. The van der Waals surface area contributed by atoms with E-state index in [1.54, 1.807) is 18.2 Å². The smallest absolute Gasteiger partial charge is 0.234 e. The SMILES string of the molecule is NCC1(c2nc(-c3ccccc3F)no2)CCCCC1. The first-order valence-corrected chi connectivity index (χ1v) is 7.04. The molecule has 1 aromatic carbocycles. The van der Waals surface area contributed by atoms with Crippen molar-refractivity contribution in [3.8, 4) is 11.4 Å². The van der Waals surface area contributed by atoms with Crippen LogP contribution in [0.3, 0.4) is 0 Å². The average Bonchev–Trinajstić information content (AvgIpc) is 2.98. The van der Waals surface area contributed by atoms with Gasteiger partial charge in [0.15, 0.2) is 0 Å². The molecule has 2 aromatic rings. The summed E-state index contributed by atoms with van der Waals surface area (Å²) in [5.41, 5.74) is 6.09. The fraction of sp³-hybridized carbons (Fsp3) is 0.467. The molecule has 1 fully saturated rings. The van der Waals surface area contributed by atoms with E-state index in [4.69, 9.17) is 10.3 Å². The second kappa shape index (κ2) is 5.32. The Morgan fingerprint density at radius 2 is 1.95 bits per heavy atom. The van der Waals surface area contributed by atoms with E-state index in [0.717, 1.165) is 25.7 Å². The monoisotopic (exact) mass is 275 g/mol. The van der Waals surface area contributed by atoms with E-state index in [0.29, 0.717) is 23.8 Å². The maximum absolute atomic E-state index is 13.8. The first kappa shape index (κ1) is 13.2. The van der Waals surface area contributed by atoms with E-state index in [-0.39, 0.29) is 11.2 Å². The van der Waals surface area contributed by atoms with Crippen molar-refractivity contribution in [3.05, 3.63) is 36.0 Å². The standard InChI is InChI=1S/C15H18FN3O/c16-12-7-3-2-6-11(12)13-18-14(20-19-13)15(10-17)8-4-1-5-9-15/h2-3,6-7H,1,4-5,8-10,17H2. The van der Waals surface area contributed by atoms with Crippen LogP contribution in [0.4, 0.5) is 4.39 Å². The van der Waals surface area contributed by atoms with Gasteiger partial charge in [0.25, 0.3) is 0 Å². The maximum atomic E-state index is 13.8. The highest BCUT2D eigenvalue weighted by Gasteiger charge is 2.38. The average molecular weight is 275 g/mol. The van der Waals surface area contributed by atoms with Crippen LogP contribution in [0.15, 0.2) is 28.8 Å².